The topological polar surface area (TPSA) is 84.5 Å². The molecule has 1 rings (SSSR count). The summed E-state index contributed by atoms with van der Waals surface area (Å²) < 4.78 is 5.28. The molecule has 198 valence electrons. The first-order chi connectivity index (χ1) is 16.9. The van der Waals surface area contributed by atoms with Crippen molar-refractivity contribution in [2.75, 3.05) is 0 Å². The van der Waals surface area contributed by atoms with Crippen LogP contribution in [0.2, 0.25) is 0 Å². The molecule has 2 amide bonds. The van der Waals surface area contributed by atoms with E-state index in [-0.39, 0.29) is 17.9 Å². The summed E-state index contributed by atoms with van der Waals surface area (Å²) in [4.78, 5) is 37.0. The number of amides is 2. The average molecular weight is 535 g/mol. The van der Waals surface area contributed by atoms with E-state index in [2.05, 4.69) is 23.3 Å². The summed E-state index contributed by atoms with van der Waals surface area (Å²) in [5.74, 6) is -1.02. The lowest BCUT2D eigenvalue weighted by atomic mass is 9.86. The van der Waals surface area contributed by atoms with Gasteiger partial charge in [-0.3, -0.25) is 9.59 Å². The Labute approximate surface area is 226 Å². The van der Waals surface area contributed by atoms with Crippen molar-refractivity contribution < 1.29 is 19.1 Å². The highest BCUT2D eigenvalue weighted by atomic mass is 35.5. The molecule has 0 aromatic carbocycles. The van der Waals surface area contributed by atoms with Crippen molar-refractivity contribution in [3.63, 3.8) is 0 Å². The summed E-state index contributed by atoms with van der Waals surface area (Å²) in [7, 11) is 0. The number of allylic oxidation sites excluding steroid dienone is 7. The van der Waals surface area contributed by atoms with Crippen LogP contribution < -0.4 is 10.6 Å². The van der Waals surface area contributed by atoms with Gasteiger partial charge < -0.3 is 15.4 Å². The molecule has 0 saturated carbocycles. The van der Waals surface area contributed by atoms with Crippen molar-refractivity contribution in [1.82, 2.24) is 10.6 Å². The smallest absolute Gasteiger partial charge is 0.344 e. The van der Waals surface area contributed by atoms with E-state index >= 15 is 0 Å². The number of cyclic esters (lactones) is 1. The van der Waals surface area contributed by atoms with E-state index < -0.39 is 17.4 Å². The minimum Gasteiger partial charge on any atom is -0.458 e. The number of unbranched alkanes of at least 4 members (excludes halogenated alkanes) is 2. The largest absolute Gasteiger partial charge is 0.458 e. The van der Waals surface area contributed by atoms with Gasteiger partial charge in [0.05, 0.1) is 4.91 Å². The van der Waals surface area contributed by atoms with Crippen LogP contribution in [0.1, 0.15) is 66.7 Å². The summed E-state index contributed by atoms with van der Waals surface area (Å²) in [5, 5.41) is 6.33. The minimum absolute atomic E-state index is 0.189. The van der Waals surface area contributed by atoms with Crippen LogP contribution in [0.5, 0.6) is 0 Å². The van der Waals surface area contributed by atoms with Crippen molar-refractivity contribution in [3.8, 4) is 0 Å². The van der Waals surface area contributed by atoms with Crippen LogP contribution in [0.3, 0.4) is 0 Å². The van der Waals surface area contributed by atoms with Crippen molar-refractivity contribution in [3.05, 3.63) is 70.3 Å². The monoisotopic (exact) mass is 534 g/mol. The van der Waals surface area contributed by atoms with Crippen molar-refractivity contribution >= 4 is 42.0 Å². The van der Waals surface area contributed by atoms with Crippen LogP contribution >= 0.6 is 24.2 Å². The normalized spacial score (nSPS) is 18.5. The molecule has 36 heavy (non-hydrogen) atoms. The van der Waals surface area contributed by atoms with E-state index in [9.17, 15) is 14.4 Å². The molecule has 2 N–H and O–H groups in total. The number of ether oxygens (including phenoxy) is 1. The van der Waals surface area contributed by atoms with Crippen molar-refractivity contribution in [2.24, 2.45) is 5.41 Å². The molecule has 0 radical (unpaired) electrons. The lowest BCUT2D eigenvalue weighted by Gasteiger charge is -2.29. The Morgan fingerprint density at radius 1 is 1.19 bits per heavy atom. The summed E-state index contributed by atoms with van der Waals surface area (Å²) in [6.45, 7) is 9.47. The predicted molar refractivity (Wildman–Crippen MR) is 150 cm³/mol. The molecule has 0 fully saturated rings. The third-order valence-corrected chi connectivity index (χ3v) is 5.76. The summed E-state index contributed by atoms with van der Waals surface area (Å²) in [5.41, 5.74) is 0.509. The molecule has 2 atom stereocenters. The van der Waals surface area contributed by atoms with Gasteiger partial charge in [0.1, 0.15) is 12.1 Å². The number of thiol groups is 1. The first-order valence-corrected chi connectivity index (χ1v) is 12.9. The second kappa shape index (κ2) is 16.3. The third kappa shape index (κ3) is 13.5. The molecule has 8 heteroatoms. The van der Waals surface area contributed by atoms with E-state index in [1.54, 1.807) is 24.4 Å². The van der Waals surface area contributed by atoms with E-state index in [0.29, 0.717) is 17.7 Å². The van der Waals surface area contributed by atoms with Crippen LogP contribution in [0.25, 0.3) is 0 Å². The summed E-state index contributed by atoms with van der Waals surface area (Å²) in [6.07, 6.45) is 19.5. The summed E-state index contributed by atoms with van der Waals surface area (Å²) >= 11 is 9.85. The first kappa shape index (κ1) is 31.5. The third-order valence-electron chi connectivity index (χ3n) is 5.24. The lowest BCUT2D eigenvalue weighted by Crippen LogP contribution is -2.52. The van der Waals surface area contributed by atoms with E-state index in [1.807, 2.05) is 58.9 Å². The molecule has 0 spiro atoms. The van der Waals surface area contributed by atoms with Gasteiger partial charge in [0.2, 0.25) is 11.8 Å². The predicted octanol–water partition coefficient (Wildman–Crippen LogP) is 6.04. The average Bonchev–Trinajstić information content (AvgIpc) is 2.79. The molecule has 0 bridgehead atoms. The van der Waals surface area contributed by atoms with Crippen LogP contribution in [-0.4, -0.2) is 29.9 Å². The number of hydrogen-bond acceptors (Lipinski definition) is 5. The Hall–Kier alpha value is -2.51. The minimum atomic E-state index is -0.697. The highest BCUT2D eigenvalue weighted by Crippen LogP contribution is 2.20. The number of carbonyl (C=O) groups excluding carboxylic acids is 3. The fourth-order valence-corrected chi connectivity index (χ4v) is 3.44. The highest BCUT2D eigenvalue weighted by molar-refractivity contribution is 7.85. The van der Waals surface area contributed by atoms with Crippen molar-refractivity contribution in [2.45, 2.75) is 78.9 Å². The molecule has 1 heterocycles. The van der Waals surface area contributed by atoms with Gasteiger partial charge in [0.25, 0.3) is 0 Å². The number of rotatable bonds is 12. The van der Waals surface area contributed by atoms with E-state index in [4.69, 9.17) is 16.3 Å². The fourth-order valence-electron chi connectivity index (χ4n) is 3.18. The summed E-state index contributed by atoms with van der Waals surface area (Å²) in [6, 6.07) is -0.697. The Balaban J connectivity index is 2.53. The Bertz CT molecular complexity index is 951. The molecule has 1 unspecified atom stereocenters. The highest BCUT2D eigenvalue weighted by Gasteiger charge is 2.31. The fraction of sp³-hybridized carbons (Fsp3) is 0.464. The van der Waals surface area contributed by atoms with Crippen LogP contribution in [0, 0.1) is 5.41 Å². The Morgan fingerprint density at radius 3 is 2.53 bits per heavy atom. The molecular weight excluding hydrogens is 496 g/mol. The SMILES string of the molecule is C/C(Cl)=C\CCC/C=C\NC(=O)C(NC(=O)\C=C/C=C\C(C)=C\C[C@@H]1CC=C(S)C(=O)O1)C(C)(C)C. The molecule has 0 aliphatic carbocycles. The van der Waals surface area contributed by atoms with Gasteiger partial charge in [0, 0.05) is 23.9 Å². The van der Waals surface area contributed by atoms with Crippen LogP contribution in [0.15, 0.2) is 70.3 Å². The molecular formula is C28H39ClN2O4S. The zero-order chi connectivity index (χ0) is 27.1. The molecule has 1 aliphatic heterocycles. The molecule has 0 aromatic rings. The van der Waals surface area contributed by atoms with Gasteiger partial charge in [-0.05, 0) is 44.7 Å². The van der Waals surface area contributed by atoms with Gasteiger partial charge >= 0.3 is 5.97 Å². The second-order valence-corrected chi connectivity index (χ2v) is 10.8. The molecule has 1 aliphatic rings. The van der Waals surface area contributed by atoms with Crippen LogP contribution in [-0.2, 0) is 19.1 Å². The number of carbonyl (C=O) groups is 3. The molecule has 6 nitrogen and oxygen atoms in total. The number of esters is 1. The van der Waals surface area contributed by atoms with Crippen molar-refractivity contribution in [1.29, 1.82) is 0 Å². The zero-order valence-corrected chi connectivity index (χ0v) is 23.5. The first-order valence-electron chi connectivity index (χ1n) is 12.1. The lowest BCUT2D eigenvalue weighted by molar-refractivity contribution is -0.144. The maximum absolute atomic E-state index is 12.7. The Kier molecular flexibility index (Phi) is 14.3. The number of nitrogens with one attached hydrogen (secondary N) is 2. The number of halogens is 1. The zero-order valence-electron chi connectivity index (χ0n) is 21.8. The maximum Gasteiger partial charge on any atom is 0.344 e. The maximum atomic E-state index is 12.7. The Morgan fingerprint density at radius 2 is 1.89 bits per heavy atom. The van der Waals surface area contributed by atoms with Gasteiger partial charge in [0.15, 0.2) is 0 Å². The quantitative estimate of drug-likeness (QED) is 0.0937. The van der Waals surface area contributed by atoms with E-state index in [0.717, 1.165) is 29.9 Å². The number of hydrogen-bond donors (Lipinski definition) is 3. The van der Waals surface area contributed by atoms with Crippen LogP contribution in [0.4, 0.5) is 0 Å². The van der Waals surface area contributed by atoms with Gasteiger partial charge in [-0.25, -0.2) is 4.79 Å². The standard InChI is InChI=1S/C28H39ClN2O4S/c1-20(15-16-22-17-18-23(36)27(34)35-22)12-9-10-14-24(32)31-25(28(3,4)5)26(33)30-19-11-7-6-8-13-21(2)29/h9-15,18-19,22,25,36H,6-8,16-17H2,1-5H3,(H,30,33)(H,31,32)/b12-9-,14-10-,19-11-,20-15+,21-13+/t22-,25?/m1/s1. The van der Waals surface area contributed by atoms with Gasteiger partial charge in [-0.15, -0.1) is 12.6 Å². The molecule has 0 saturated heterocycles. The van der Waals surface area contributed by atoms with Gasteiger partial charge in [-0.2, -0.15) is 0 Å². The molecule has 0 aromatic heterocycles. The van der Waals surface area contributed by atoms with E-state index in [1.165, 1.54) is 6.08 Å². The van der Waals surface area contributed by atoms with Gasteiger partial charge in [-0.1, -0.05) is 80.5 Å². The second-order valence-electron chi connectivity index (χ2n) is 9.69.